The van der Waals surface area contributed by atoms with E-state index < -0.39 is 0 Å². The van der Waals surface area contributed by atoms with Gasteiger partial charge in [-0.2, -0.15) is 0 Å². The van der Waals surface area contributed by atoms with Crippen molar-refractivity contribution in [1.82, 2.24) is 10.6 Å². The Morgan fingerprint density at radius 2 is 1.95 bits per heavy atom. The van der Waals surface area contributed by atoms with Crippen molar-refractivity contribution in [3.05, 3.63) is 34.9 Å². The third-order valence-electron chi connectivity index (χ3n) is 4.17. The van der Waals surface area contributed by atoms with Crippen LogP contribution in [0.5, 0.6) is 0 Å². The first kappa shape index (κ1) is 20.9. The highest BCUT2D eigenvalue weighted by molar-refractivity contribution is 5.85. The summed E-state index contributed by atoms with van der Waals surface area (Å²) < 4.78 is 0. The number of rotatable bonds is 5. The van der Waals surface area contributed by atoms with Crippen LogP contribution in [0.4, 0.5) is 0 Å². The van der Waals surface area contributed by atoms with Gasteiger partial charge in [-0.25, -0.2) is 0 Å². The van der Waals surface area contributed by atoms with E-state index in [0.29, 0.717) is 0 Å². The molecule has 126 valence electrons. The molecule has 4 nitrogen and oxygen atoms in total. The summed E-state index contributed by atoms with van der Waals surface area (Å²) in [4.78, 5) is 12.0. The summed E-state index contributed by atoms with van der Waals surface area (Å²) in [6.07, 6.45) is 5.37. The van der Waals surface area contributed by atoms with Crippen LogP contribution in [0.3, 0.4) is 0 Å². The van der Waals surface area contributed by atoms with Gasteiger partial charge in [0.2, 0.25) is 5.91 Å². The van der Waals surface area contributed by atoms with E-state index in [0.717, 1.165) is 38.8 Å². The van der Waals surface area contributed by atoms with E-state index in [2.05, 4.69) is 42.7 Å². The zero-order valence-corrected chi connectivity index (χ0v) is 14.4. The van der Waals surface area contributed by atoms with Crippen LogP contribution in [0, 0.1) is 13.8 Å². The Kier molecular flexibility index (Phi) is 10.1. The van der Waals surface area contributed by atoms with Crippen molar-refractivity contribution in [2.24, 2.45) is 0 Å². The van der Waals surface area contributed by atoms with Crippen molar-refractivity contribution in [2.75, 3.05) is 13.1 Å². The summed E-state index contributed by atoms with van der Waals surface area (Å²) in [6.45, 7) is 6.06. The number of hydrogen-bond acceptors (Lipinski definition) is 2. The molecular formula is C17H29ClN2O2. The number of benzene rings is 1. The predicted molar refractivity (Wildman–Crippen MR) is 93.8 cm³/mol. The standard InChI is InChI=1S/C17H26N2O.ClH.H2O/c1-13-7-5-8-14(2)15(13)9-6-12-19-17(20)16-10-3-4-11-18-16;;/h5,7-8,16,18H,3-4,6,9-12H2,1-2H3,(H,19,20);1H;1H2/t16-;;/m0../s1. The average molecular weight is 329 g/mol. The normalized spacial score (nSPS) is 17.1. The number of aryl methyl sites for hydroxylation is 2. The first-order valence-corrected chi connectivity index (χ1v) is 7.74. The molecule has 0 spiro atoms. The van der Waals surface area contributed by atoms with Gasteiger partial charge in [-0.1, -0.05) is 24.6 Å². The SMILES string of the molecule is Cc1cccc(C)c1CCCNC(=O)[C@@H]1CCCCN1.Cl.O. The summed E-state index contributed by atoms with van der Waals surface area (Å²) in [6, 6.07) is 6.45. The topological polar surface area (TPSA) is 72.6 Å². The molecule has 0 unspecified atom stereocenters. The number of piperidine rings is 1. The lowest BCUT2D eigenvalue weighted by atomic mass is 9.98. The lowest BCUT2D eigenvalue weighted by molar-refractivity contribution is -0.123. The third kappa shape index (κ3) is 5.95. The molecule has 1 aliphatic heterocycles. The van der Waals surface area contributed by atoms with Gasteiger partial charge in [-0.3, -0.25) is 4.79 Å². The molecule has 1 fully saturated rings. The Bertz CT molecular complexity index is 440. The van der Waals surface area contributed by atoms with Gasteiger partial charge in [0.25, 0.3) is 0 Å². The molecule has 1 heterocycles. The second kappa shape index (κ2) is 10.6. The van der Waals surface area contributed by atoms with E-state index in [4.69, 9.17) is 0 Å². The van der Waals surface area contributed by atoms with Gasteiger partial charge in [0.15, 0.2) is 0 Å². The molecule has 0 bridgehead atoms. The monoisotopic (exact) mass is 328 g/mol. The van der Waals surface area contributed by atoms with Crippen molar-refractivity contribution < 1.29 is 10.3 Å². The molecule has 4 N–H and O–H groups in total. The molecule has 22 heavy (non-hydrogen) atoms. The van der Waals surface area contributed by atoms with Crippen LogP contribution in [0.25, 0.3) is 0 Å². The third-order valence-corrected chi connectivity index (χ3v) is 4.17. The second-order valence-corrected chi connectivity index (χ2v) is 5.77. The van der Waals surface area contributed by atoms with Gasteiger partial charge >= 0.3 is 0 Å². The smallest absolute Gasteiger partial charge is 0.237 e. The second-order valence-electron chi connectivity index (χ2n) is 5.77. The maximum atomic E-state index is 12.0. The molecule has 1 aliphatic rings. The lowest BCUT2D eigenvalue weighted by Crippen LogP contribution is -2.46. The van der Waals surface area contributed by atoms with Crippen LogP contribution in [0.2, 0.25) is 0 Å². The lowest BCUT2D eigenvalue weighted by Gasteiger charge is -2.22. The summed E-state index contributed by atoms with van der Waals surface area (Å²) in [7, 11) is 0. The summed E-state index contributed by atoms with van der Waals surface area (Å²) >= 11 is 0. The Morgan fingerprint density at radius 1 is 1.27 bits per heavy atom. The van der Waals surface area contributed by atoms with E-state index in [1.54, 1.807) is 0 Å². The largest absolute Gasteiger partial charge is 0.412 e. The molecule has 0 radical (unpaired) electrons. The number of hydrogen-bond donors (Lipinski definition) is 2. The number of halogens is 1. The summed E-state index contributed by atoms with van der Waals surface area (Å²) in [5.74, 6) is 0.172. The zero-order chi connectivity index (χ0) is 14.4. The highest BCUT2D eigenvalue weighted by atomic mass is 35.5. The van der Waals surface area contributed by atoms with Gasteiger partial charge in [-0.15, -0.1) is 12.4 Å². The average Bonchev–Trinajstić information content (AvgIpc) is 2.46. The van der Waals surface area contributed by atoms with E-state index >= 15 is 0 Å². The first-order valence-electron chi connectivity index (χ1n) is 7.74. The van der Waals surface area contributed by atoms with Crippen LogP contribution in [-0.4, -0.2) is 30.5 Å². The highest BCUT2D eigenvalue weighted by Crippen LogP contribution is 2.15. The fraction of sp³-hybridized carbons (Fsp3) is 0.588. The van der Waals surface area contributed by atoms with Gasteiger partial charge in [0.1, 0.15) is 0 Å². The van der Waals surface area contributed by atoms with Crippen molar-refractivity contribution in [3.8, 4) is 0 Å². The van der Waals surface area contributed by atoms with Crippen LogP contribution in [0.1, 0.15) is 42.4 Å². The van der Waals surface area contributed by atoms with E-state index in [1.807, 2.05) is 0 Å². The Balaban J connectivity index is 0.00000220. The molecule has 0 aromatic heterocycles. The molecule has 1 aromatic rings. The fourth-order valence-corrected chi connectivity index (χ4v) is 2.92. The number of nitrogens with one attached hydrogen (secondary N) is 2. The number of carbonyl (C=O) groups excluding carboxylic acids is 1. The minimum Gasteiger partial charge on any atom is -0.412 e. The van der Waals surface area contributed by atoms with Crippen LogP contribution in [-0.2, 0) is 11.2 Å². The first-order chi connectivity index (χ1) is 9.68. The minimum absolute atomic E-state index is 0. The van der Waals surface area contributed by atoms with Crippen LogP contribution >= 0.6 is 12.4 Å². The van der Waals surface area contributed by atoms with Gasteiger partial charge < -0.3 is 16.1 Å². The number of carbonyl (C=O) groups is 1. The van der Waals surface area contributed by atoms with E-state index in [9.17, 15) is 4.79 Å². The molecule has 2 rings (SSSR count). The van der Waals surface area contributed by atoms with Crippen molar-refractivity contribution in [2.45, 2.75) is 52.0 Å². The van der Waals surface area contributed by atoms with Crippen molar-refractivity contribution >= 4 is 18.3 Å². The zero-order valence-electron chi connectivity index (χ0n) is 13.6. The Morgan fingerprint density at radius 3 is 2.55 bits per heavy atom. The van der Waals surface area contributed by atoms with Gasteiger partial charge in [-0.05, 0) is 62.8 Å². The number of amides is 1. The molecule has 1 aromatic carbocycles. The van der Waals surface area contributed by atoms with Crippen molar-refractivity contribution in [1.29, 1.82) is 0 Å². The van der Waals surface area contributed by atoms with Crippen LogP contribution < -0.4 is 10.6 Å². The summed E-state index contributed by atoms with van der Waals surface area (Å²) in [5, 5.41) is 6.34. The summed E-state index contributed by atoms with van der Waals surface area (Å²) in [5.41, 5.74) is 4.13. The minimum atomic E-state index is 0. The van der Waals surface area contributed by atoms with E-state index in [-0.39, 0.29) is 29.8 Å². The maximum absolute atomic E-state index is 12.0. The van der Waals surface area contributed by atoms with Crippen LogP contribution in [0.15, 0.2) is 18.2 Å². The highest BCUT2D eigenvalue weighted by Gasteiger charge is 2.19. The van der Waals surface area contributed by atoms with Gasteiger partial charge in [0.05, 0.1) is 6.04 Å². The molecule has 0 saturated carbocycles. The molecule has 1 saturated heterocycles. The Labute approximate surface area is 139 Å². The molecule has 1 amide bonds. The van der Waals surface area contributed by atoms with Gasteiger partial charge in [0, 0.05) is 6.54 Å². The quantitative estimate of drug-likeness (QED) is 0.812. The van der Waals surface area contributed by atoms with Crippen molar-refractivity contribution in [3.63, 3.8) is 0 Å². The molecule has 5 heteroatoms. The predicted octanol–water partition coefficient (Wildman–Crippen LogP) is 2.09. The van der Waals surface area contributed by atoms with E-state index in [1.165, 1.54) is 23.1 Å². The fourth-order valence-electron chi connectivity index (χ4n) is 2.92. The Hall–Kier alpha value is -1.10. The molecular weight excluding hydrogens is 300 g/mol. The molecule has 0 aliphatic carbocycles. The maximum Gasteiger partial charge on any atom is 0.237 e. The molecule has 1 atom stereocenters.